The van der Waals surface area contributed by atoms with Crippen molar-refractivity contribution in [2.24, 2.45) is 0 Å². The molecule has 0 unspecified atom stereocenters. The molecule has 1 saturated heterocycles. The van der Waals surface area contributed by atoms with Crippen molar-refractivity contribution in [3.63, 3.8) is 0 Å². The highest BCUT2D eigenvalue weighted by atomic mass is 32.2. The third-order valence-corrected chi connectivity index (χ3v) is 8.71. The summed E-state index contributed by atoms with van der Waals surface area (Å²) >= 11 is 0. The van der Waals surface area contributed by atoms with Gasteiger partial charge in [0.1, 0.15) is 17.7 Å². The van der Waals surface area contributed by atoms with E-state index in [9.17, 15) is 26.0 Å². The van der Waals surface area contributed by atoms with E-state index in [2.05, 4.69) is 25.6 Å². The Morgan fingerprint density at radius 1 is 1.07 bits per heavy atom. The molecule has 2 aromatic heterocycles. The average molecular weight is 618 g/mol. The molecule has 8 nitrogen and oxygen atoms in total. The van der Waals surface area contributed by atoms with Crippen LogP contribution in [0.4, 0.5) is 23.5 Å². The number of ether oxygens (including phenoxy) is 1. The summed E-state index contributed by atoms with van der Waals surface area (Å²) in [5, 5.41) is 6.90. The molecule has 2 atom stereocenters. The Labute approximate surface area is 246 Å². The maximum absolute atomic E-state index is 15.0. The van der Waals surface area contributed by atoms with Gasteiger partial charge in [0.25, 0.3) is 0 Å². The molecule has 0 bridgehead atoms. The molecular weight excluding hydrogens is 586 g/mol. The molecule has 0 aliphatic carbocycles. The number of anilines is 1. The van der Waals surface area contributed by atoms with Gasteiger partial charge in [0.2, 0.25) is 17.8 Å². The first kappa shape index (κ1) is 30.6. The maximum Gasteiger partial charge on any atom is 0.246 e. The Kier molecular flexibility index (Phi) is 8.84. The van der Waals surface area contributed by atoms with E-state index < -0.39 is 45.7 Å². The fourth-order valence-corrected chi connectivity index (χ4v) is 6.50. The summed E-state index contributed by atoms with van der Waals surface area (Å²) in [7, 11) is -4.04. The summed E-state index contributed by atoms with van der Waals surface area (Å²) in [5.41, 5.74) is 1.57. The van der Waals surface area contributed by atoms with Gasteiger partial charge in [-0.05, 0) is 55.1 Å². The molecule has 43 heavy (non-hydrogen) atoms. The third-order valence-electron chi connectivity index (χ3n) is 7.15. The van der Waals surface area contributed by atoms with Crippen LogP contribution in [-0.2, 0) is 15.6 Å². The Balaban J connectivity index is 1.47. The van der Waals surface area contributed by atoms with Crippen molar-refractivity contribution in [3.8, 4) is 22.9 Å². The highest BCUT2D eigenvalue weighted by molar-refractivity contribution is 7.90. The molecule has 2 N–H and O–H groups in total. The molecule has 0 amide bonds. The van der Waals surface area contributed by atoms with Gasteiger partial charge >= 0.3 is 0 Å². The summed E-state index contributed by atoms with van der Waals surface area (Å²) in [6.07, 6.45) is 1.61. The summed E-state index contributed by atoms with van der Waals surface area (Å²) in [6, 6.07) is 10.8. The predicted molar refractivity (Wildman–Crippen MR) is 157 cm³/mol. The van der Waals surface area contributed by atoms with Gasteiger partial charge in [-0.15, -0.1) is 0 Å². The van der Waals surface area contributed by atoms with Gasteiger partial charge in [-0.25, -0.2) is 40.9 Å². The lowest BCUT2D eigenvalue weighted by molar-refractivity contribution is 0.0189. The topological polar surface area (TPSA) is 106 Å². The van der Waals surface area contributed by atoms with E-state index in [-0.39, 0.29) is 22.9 Å². The maximum atomic E-state index is 15.0. The van der Waals surface area contributed by atoms with Gasteiger partial charge < -0.3 is 15.4 Å². The van der Waals surface area contributed by atoms with Crippen LogP contribution in [0.2, 0.25) is 0 Å². The summed E-state index contributed by atoms with van der Waals surface area (Å²) in [5.74, 6) is -4.60. The van der Waals surface area contributed by atoms with Crippen molar-refractivity contribution >= 4 is 26.6 Å². The number of nitrogens with zero attached hydrogens (tertiary/aromatic N) is 3. The zero-order valence-corrected chi connectivity index (χ0v) is 24.4. The van der Waals surface area contributed by atoms with E-state index >= 15 is 0 Å². The van der Waals surface area contributed by atoms with E-state index in [0.29, 0.717) is 60.3 Å². The van der Waals surface area contributed by atoms with Crippen molar-refractivity contribution in [3.05, 3.63) is 71.8 Å². The minimum absolute atomic E-state index is 0.123. The average Bonchev–Trinajstić information content (AvgIpc) is 2.95. The van der Waals surface area contributed by atoms with Gasteiger partial charge in [0, 0.05) is 55.3 Å². The third kappa shape index (κ3) is 7.57. The molecule has 5 rings (SSSR count). The van der Waals surface area contributed by atoms with E-state index in [4.69, 9.17) is 4.74 Å². The van der Waals surface area contributed by atoms with Gasteiger partial charge in [0.15, 0.2) is 9.84 Å². The standard InChI is InChI=1S/C30H31F4N5O3S/c1-18-5-6-21-22(7-8-25(32)24(21)17-43(40,41)13-10-30(2,33)34)27(18)42-28-23(4-3-11-36-28)26-9-12-37-29(39-26)38-20-14-19(31)15-35-16-20/h3-9,11-12,19-20,35H,10,13-17H2,1-2H3,(H,37,38,39)/t19-,20-/m0/s1. The number of benzene rings is 2. The van der Waals surface area contributed by atoms with Crippen molar-refractivity contribution < 1.29 is 30.7 Å². The van der Waals surface area contributed by atoms with E-state index in [0.717, 1.165) is 6.07 Å². The van der Waals surface area contributed by atoms with E-state index in [1.807, 2.05) is 0 Å². The van der Waals surface area contributed by atoms with Crippen LogP contribution >= 0.6 is 0 Å². The van der Waals surface area contributed by atoms with Crippen LogP contribution in [0.25, 0.3) is 22.0 Å². The number of halogens is 4. The number of sulfone groups is 1. The number of pyridine rings is 1. The van der Waals surface area contributed by atoms with Crippen LogP contribution < -0.4 is 15.4 Å². The van der Waals surface area contributed by atoms with E-state index in [1.165, 1.54) is 12.3 Å². The molecule has 4 aromatic rings. The Bertz CT molecular complexity index is 1730. The summed E-state index contributed by atoms with van der Waals surface area (Å²) in [4.78, 5) is 13.3. The normalized spacial score (nSPS) is 17.6. The molecule has 3 heterocycles. The second-order valence-electron chi connectivity index (χ2n) is 10.8. The van der Waals surface area contributed by atoms with Crippen LogP contribution in [0.3, 0.4) is 0 Å². The zero-order chi connectivity index (χ0) is 30.8. The van der Waals surface area contributed by atoms with Crippen molar-refractivity contribution in [1.29, 1.82) is 0 Å². The minimum atomic E-state index is -4.04. The Hall–Kier alpha value is -3.84. The van der Waals surface area contributed by atoms with Crippen LogP contribution in [0.5, 0.6) is 11.6 Å². The van der Waals surface area contributed by atoms with Crippen LogP contribution in [0.1, 0.15) is 30.9 Å². The van der Waals surface area contributed by atoms with Gasteiger partial charge in [-0.3, -0.25) is 0 Å². The molecule has 13 heteroatoms. The van der Waals surface area contributed by atoms with Crippen molar-refractivity contribution in [1.82, 2.24) is 20.3 Å². The lowest BCUT2D eigenvalue weighted by Crippen LogP contribution is -2.44. The number of rotatable bonds is 10. The molecule has 1 aliphatic heterocycles. The Morgan fingerprint density at radius 3 is 2.63 bits per heavy atom. The molecule has 228 valence electrons. The predicted octanol–water partition coefficient (Wildman–Crippen LogP) is 6.00. The molecule has 0 spiro atoms. The largest absolute Gasteiger partial charge is 0.437 e. The first-order valence-corrected chi connectivity index (χ1v) is 15.6. The number of aromatic nitrogens is 3. The monoisotopic (exact) mass is 617 g/mol. The Morgan fingerprint density at radius 2 is 1.86 bits per heavy atom. The lowest BCUT2D eigenvalue weighted by atomic mass is 10.0. The fraction of sp³-hybridized carbons (Fsp3) is 0.367. The fourth-order valence-electron chi connectivity index (χ4n) is 4.96. The van der Waals surface area contributed by atoms with Crippen LogP contribution in [0, 0.1) is 12.7 Å². The second kappa shape index (κ2) is 12.4. The second-order valence-corrected chi connectivity index (χ2v) is 13.0. The van der Waals surface area contributed by atoms with Crippen LogP contribution in [-0.4, -0.2) is 60.3 Å². The SMILES string of the molecule is Cc1ccc2c(CS(=O)(=O)CCC(C)(F)F)c(F)ccc2c1Oc1ncccc1-c1ccnc(N[C@@H]2CNC[C@@H](F)C2)n1. The first-order chi connectivity index (χ1) is 20.4. The highest BCUT2D eigenvalue weighted by Crippen LogP contribution is 2.38. The van der Waals surface area contributed by atoms with Gasteiger partial charge in [-0.2, -0.15) is 0 Å². The number of hydrogen-bond acceptors (Lipinski definition) is 8. The number of piperidine rings is 1. The molecule has 1 fully saturated rings. The van der Waals surface area contributed by atoms with Crippen LogP contribution in [0.15, 0.2) is 54.9 Å². The highest BCUT2D eigenvalue weighted by Gasteiger charge is 2.27. The zero-order valence-electron chi connectivity index (χ0n) is 23.6. The van der Waals surface area contributed by atoms with Gasteiger partial charge in [-0.1, -0.05) is 12.1 Å². The molecular formula is C30H31F4N5O3S. The number of nitrogens with one attached hydrogen (secondary N) is 2. The molecule has 0 saturated carbocycles. The number of fused-ring (bicyclic) bond motifs is 1. The summed E-state index contributed by atoms with van der Waals surface area (Å²) < 4.78 is 87.2. The first-order valence-electron chi connectivity index (χ1n) is 13.7. The van der Waals surface area contributed by atoms with Gasteiger partial charge in [0.05, 0.1) is 22.8 Å². The van der Waals surface area contributed by atoms with Crippen molar-refractivity contribution in [2.45, 2.75) is 50.6 Å². The number of hydrogen-bond donors (Lipinski definition) is 2. The lowest BCUT2D eigenvalue weighted by Gasteiger charge is -2.26. The smallest absolute Gasteiger partial charge is 0.246 e. The van der Waals surface area contributed by atoms with E-state index in [1.54, 1.807) is 43.5 Å². The molecule has 1 aliphatic rings. The minimum Gasteiger partial charge on any atom is -0.437 e. The molecule has 0 radical (unpaired) electrons. The quantitative estimate of drug-likeness (QED) is 0.209. The number of alkyl halides is 3. The summed E-state index contributed by atoms with van der Waals surface area (Å²) in [6.45, 7) is 3.31. The molecule has 2 aromatic carbocycles. The van der Waals surface area contributed by atoms with Crippen molar-refractivity contribution in [2.75, 3.05) is 24.2 Å². The number of aryl methyl sites for hydroxylation is 1.